The van der Waals surface area contributed by atoms with Crippen LogP contribution in [0.4, 0.5) is 10.5 Å². The molecule has 2 aromatic carbocycles. The van der Waals surface area contributed by atoms with E-state index in [4.69, 9.17) is 14.2 Å². The highest BCUT2D eigenvalue weighted by molar-refractivity contribution is 5.93. The molecule has 7 nitrogen and oxygen atoms in total. The molecule has 28 heavy (non-hydrogen) atoms. The van der Waals surface area contributed by atoms with Gasteiger partial charge in [0.2, 0.25) is 0 Å². The number of carbonyl (C=O) groups excluding carboxylic acids is 2. The summed E-state index contributed by atoms with van der Waals surface area (Å²) in [6.07, 6.45) is 0.268. The fourth-order valence-electron chi connectivity index (χ4n) is 2.45. The minimum Gasteiger partial charge on any atom is -0.467 e. The Balaban J connectivity index is 2.01. The summed E-state index contributed by atoms with van der Waals surface area (Å²) in [5.41, 5.74) is 0.916. The molecule has 0 spiro atoms. The number of amides is 1. The Bertz CT molecular complexity index is 843. The SMILES string of the molecule is CN(COCOc1cc2cc(N(C)C)ccc2cc1C=O)C(=O)OC(C)(C)C. The summed E-state index contributed by atoms with van der Waals surface area (Å²) < 4.78 is 16.3. The van der Waals surface area contributed by atoms with E-state index in [0.29, 0.717) is 11.3 Å². The first-order valence-electron chi connectivity index (χ1n) is 8.95. The van der Waals surface area contributed by atoms with Gasteiger partial charge in [0.25, 0.3) is 0 Å². The second-order valence-electron chi connectivity index (χ2n) is 7.71. The Morgan fingerprint density at radius 2 is 1.79 bits per heavy atom. The Hall–Kier alpha value is -2.80. The van der Waals surface area contributed by atoms with E-state index in [0.717, 1.165) is 22.7 Å². The van der Waals surface area contributed by atoms with Crippen molar-refractivity contribution in [1.29, 1.82) is 0 Å². The van der Waals surface area contributed by atoms with Crippen molar-refractivity contribution in [3.63, 3.8) is 0 Å². The van der Waals surface area contributed by atoms with Crippen LogP contribution in [0.25, 0.3) is 10.8 Å². The van der Waals surface area contributed by atoms with Gasteiger partial charge in [-0.25, -0.2) is 4.79 Å². The maximum absolute atomic E-state index is 11.9. The van der Waals surface area contributed by atoms with Crippen LogP contribution in [-0.4, -0.2) is 57.5 Å². The molecule has 0 aliphatic rings. The highest BCUT2D eigenvalue weighted by Crippen LogP contribution is 2.28. The van der Waals surface area contributed by atoms with Crippen molar-refractivity contribution in [2.75, 3.05) is 39.6 Å². The van der Waals surface area contributed by atoms with Crippen molar-refractivity contribution in [2.45, 2.75) is 26.4 Å². The largest absolute Gasteiger partial charge is 0.467 e. The molecule has 0 aromatic heterocycles. The lowest BCUT2D eigenvalue weighted by atomic mass is 10.1. The smallest absolute Gasteiger partial charge is 0.411 e. The Morgan fingerprint density at radius 3 is 2.39 bits per heavy atom. The van der Waals surface area contributed by atoms with Gasteiger partial charge in [0, 0.05) is 26.8 Å². The van der Waals surface area contributed by atoms with Gasteiger partial charge in [-0.15, -0.1) is 0 Å². The minimum atomic E-state index is -0.572. The summed E-state index contributed by atoms with van der Waals surface area (Å²) in [5, 5.41) is 1.91. The second kappa shape index (κ2) is 8.93. The van der Waals surface area contributed by atoms with E-state index < -0.39 is 11.7 Å². The molecule has 0 bridgehead atoms. The average Bonchev–Trinajstić information content (AvgIpc) is 2.62. The van der Waals surface area contributed by atoms with E-state index in [-0.39, 0.29) is 13.5 Å². The maximum Gasteiger partial charge on any atom is 0.411 e. The number of hydrogen-bond acceptors (Lipinski definition) is 6. The highest BCUT2D eigenvalue weighted by atomic mass is 16.7. The highest BCUT2D eigenvalue weighted by Gasteiger charge is 2.19. The second-order valence-corrected chi connectivity index (χ2v) is 7.71. The zero-order valence-electron chi connectivity index (χ0n) is 17.3. The number of benzene rings is 2. The van der Waals surface area contributed by atoms with Crippen LogP contribution in [0.1, 0.15) is 31.1 Å². The van der Waals surface area contributed by atoms with Crippen molar-refractivity contribution in [3.8, 4) is 5.75 Å². The third-order valence-electron chi connectivity index (χ3n) is 3.88. The molecule has 0 aliphatic carbocycles. The van der Waals surface area contributed by atoms with Gasteiger partial charge < -0.3 is 19.1 Å². The summed E-state index contributed by atoms with van der Waals surface area (Å²) in [5.74, 6) is 0.429. The molecule has 7 heteroatoms. The first-order chi connectivity index (χ1) is 13.1. The first-order valence-corrected chi connectivity index (χ1v) is 8.95. The van der Waals surface area contributed by atoms with E-state index in [1.165, 1.54) is 4.90 Å². The molecule has 0 aliphatic heterocycles. The topological polar surface area (TPSA) is 68.3 Å². The summed E-state index contributed by atoms with van der Waals surface area (Å²) in [6, 6.07) is 9.58. The van der Waals surface area contributed by atoms with Gasteiger partial charge in [-0.3, -0.25) is 9.69 Å². The number of aldehydes is 1. The van der Waals surface area contributed by atoms with Crippen molar-refractivity contribution >= 4 is 28.8 Å². The zero-order chi connectivity index (χ0) is 20.9. The lowest BCUT2D eigenvalue weighted by molar-refractivity contribution is -0.0440. The average molecular weight is 388 g/mol. The number of hydrogen-bond donors (Lipinski definition) is 0. The van der Waals surface area contributed by atoms with Gasteiger partial charge in [0.1, 0.15) is 18.1 Å². The summed E-state index contributed by atoms with van der Waals surface area (Å²) in [7, 11) is 5.50. The van der Waals surface area contributed by atoms with Crippen LogP contribution in [0.5, 0.6) is 5.75 Å². The Morgan fingerprint density at radius 1 is 1.07 bits per heavy atom. The van der Waals surface area contributed by atoms with E-state index in [9.17, 15) is 9.59 Å². The van der Waals surface area contributed by atoms with Gasteiger partial charge >= 0.3 is 6.09 Å². The minimum absolute atomic E-state index is 0.00367. The third kappa shape index (κ3) is 5.85. The van der Waals surface area contributed by atoms with E-state index in [1.807, 2.05) is 43.3 Å². The molecule has 2 aromatic rings. The number of fused-ring (bicyclic) bond motifs is 1. The molecule has 0 unspecified atom stereocenters. The van der Waals surface area contributed by atoms with Crippen LogP contribution >= 0.6 is 0 Å². The number of carbonyl (C=O) groups is 2. The van der Waals surface area contributed by atoms with Gasteiger partial charge in [-0.05, 0) is 55.8 Å². The molecular formula is C21H28N2O5. The van der Waals surface area contributed by atoms with Gasteiger partial charge in [-0.1, -0.05) is 6.07 Å². The molecular weight excluding hydrogens is 360 g/mol. The number of anilines is 1. The maximum atomic E-state index is 11.9. The molecule has 0 heterocycles. The fraction of sp³-hybridized carbons (Fsp3) is 0.429. The Kier molecular flexibility index (Phi) is 6.85. The predicted molar refractivity (Wildman–Crippen MR) is 109 cm³/mol. The van der Waals surface area contributed by atoms with E-state index in [1.54, 1.807) is 33.9 Å². The Labute approximate surface area is 165 Å². The van der Waals surface area contributed by atoms with Crippen LogP contribution in [0.3, 0.4) is 0 Å². The molecule has 0 saturated heterocycles. The molecule has 0 radical (unpaired) electrons. The van der Waals surface area contributed by atoms with Crippen LogP contribution in [0.15, 0.2) is 30.3 Å². The van der Waals surface area contributed by atoms with Crippen molar-refractivity contribution in [2.24, 2.45) is 0 Å². The molecule has 152 valence electrons. The van der Waals surface area contributed by atoms with Crippen molar-refractivity contribution in [1.82, 2.24) is 4.90 Å². The van der Waals surface area contributed by atoms with Gasteiger partial charge in [-0.2, -0.15) is 0 Å². The predicted octanol–water partition coefficient (Wildman–Crippen LogP) is 3.90. The quantitative estimate of drug-likeness (QED) is 0.407. The molecule has 2 rings (SSSR count). The number of rotatable bonds is 7. The monoisotopic (exact) mass is 388 g/mol. The normalized spacial score (nSPS) is 11.2. The van der Waals surface area contributed by atoms with Crippen LogP contribution < -0.4 is 9.64 Å². The molecule has 0 atom stereocenters. The first kappa shape index (κ1) is 21.5. The summed E-state index contributed by atoms with van der Waals surface area (Å²) >= 11 is 0. The van der Waals surface area contributed by atoms with E-state index in [2.05, 4.69) is 0 Å². The lowest BCUT2D eigenvalue weighted by Crippen LogP contribution is -2.35. The summed E-state index contributed by atoms with van der Waals surface area (Å²) in [6.45, 7) is 5.29. The van der Waals surface area contributed by atoms with Gasteiger partial charge in [0.05, 0.1) is 5.56 Å². The molecule has 0 fully saturated rings. The van der Waals surface area contributed by atoms with Crippen molar-refractivity contribution in [3.05, 3.63) is 35.9 Å². The molecule has 1 amide bonds. The summed E-state index contributed by atoms with van der Waals surface area (Å²) in [4.78, 5) is 26.6. The molecule has 0 N–H and O–H groups in total. The van der Waals surface area contributed by atoms with Crippen LogP contribution in [-0.2, 0) is 9.47 Å². The standard InChI is InChI=1S/C21H28N2O5/c1-21(2,3)28-20(25)23(6)13-26-14-27-19-11-16-10-18(22(4)5)8-7-15(16)9-17(19)12-24/h7-12H,13-14H2,1-6H3. The van der Waals surface area contributed by atoms with Crippen LogP contribution in [0.2, 0.25) is 0 Å². The van der Waals surface area contributed by atoms with Crippen LogP contribution in [0, 0.1) is 0 Å². The number of ether oxygens (including phenoxy) is 3. The lowest BCUT2D eigenvalue weighted by Gasteiger charge is -2.24. The fourth-order valence-corrected chi connectivity index (χ4v) is 2.45. The third-order valence-corrected chi connectivity index (χ3v) is 3.88. The zero-order valence-corrected chi connectivity index (χ0v) is 17.3. The van der Waals surface area contributed by atoms with Gasteiger partial charge in [0.15, 0.2) is 13.1 Å². The van der Waals surface area contributed by atoms with Crippen molar-refractivity contribution < 1.29 is 23.8 Å². The number of nitrogens with zero attached hydrogens (tertiary/aromatic N) is 2. The van der Waals surface area contributed by atoms with E-state index >= 15 is 0 Å². The molecule has 0 saturated carbocycles.